The lowest BCUT2D eigenvalue weighted by Gasteiger charge is -2.07. The van der Waals surface area contributed by atoms with Crippen LogP contribution in [0.1, 0.15) is 0 Å². The molecule has 0 radical (unpaired) electrons. The molecular weight excluding hydrogens is 329 g/mol. The highest BCUT2D eigenvalue weighted by molar-refractivity contribution is 6.43. The van der Waals surface area contributed by atoms with E-state index in [0.717, 1.165) is 12.1 Å². The molecule has 0 heterocycles. The number of nitrogens with one attached hydrogen (secondary N) is 2. The number of halogens is 2. The fourth-order valence-electron chi connectivity index (χ4n) is 1.66. The highest BCUT2D eigenvalue weighted by Crippen LogP contribution is 2.27. The summed E-state index contributed by atoms with van der Waals surface area (Å²) in [5.41, 5.74) is -0.566. The highest BCUT2D eigenvalue weighted by atomic mass is 35.5. The molecule has 0 spiro atoms. The molecule has 0 saturated carbocycles. The molecule has 0 aliphatic carbocycles. The van der Waals surface area contributed by atoms with E-state index in [9.17, 15) is 24.1 Å². The van der Waals surface area contributed by atoms with Crippen molar-refractivity contribution in [1.82, 2.24) is 0 Å². The van der Waals surface area contributed by atoms with Crippen molar-refractivity contribution in [2.24, 2.45) is 0 Å². The smallest absolute Gasteiger partial charge is 0.314 e. The molecule has 0 fully saturated rings. The maximum absolute atomic E-state index is 13.4. The zero-order valence-electron chi connectivity index (χ0n) is 11.4. The Labute approximate surface area is 134 Å². The van der Waals surface area contributed by atoms with Crippen molar-refractivity contribution in [2.45, 2.75) is 0 Å². The van der Waals surface area contributed by atoms with Crippen LogP contribution in [-0.4, -0.2) is 16.7 Å². The van der Waals surface area contributed by atoms with Crippen LogP contribution in [0.3, 0.4) is 0 Å². The first-order valence-corrected chi connectivity index (χ1v) is 6.57. The van der Waals surface area contributed by atoms with E-state index < -0.39 is 28.2 Å². The Morgan fingerprint density at radius 2 is 1.74 bits per heavy atom. The van der Waals surface area contributed by atoms with Crippen molar-refractivity contribution in [1.29, 1.82) is 0 Å². The topological polar surface area (TPSA) is 101 Å². The van der Waals surface area contributed by atoms with Crippen molar-refractivity contribution in [3.63, 3.8) is 0 Å². The number of carbonyl (C=O) groups excluding carboxylic acids is 2. The number of nitro benzene ring substituents is 1. The summed E-state index contributed by atoms with van der Waals surface area (Å²) in [4.78, 5) is 33.5. The van der Waals surface area contributed by atoms with Crippen LogP contribution >= 0.6 is 11.6 Å². The average Bonchev–Trinajstić information content (AvgIpc) is 2.51. The Balaban J connectivity index is 2.10. The minimum atomic E-state index is -1.12. The van der Waals surface area contributed by atoms with Crippen molar-refractivity contribution in [2.75, 3.05) is 10.6 Å². The van der Waals surface area contributed by atoms with Crippen LogP contribution in [0.25, 0.3) is 0 Å². The van der Waals surface area contributed by atoms with Gasteiger partial charge in [0.05, 0.1) is 10.6 Å². The molecule has 0 atom stereocenters. The summed E-state index contributed by atoms with van der Waals surface area (Å²) in [5.74, 6) is -2.92. The summed E-state index contributed by atoms with van der Waals surface area (Å²) in [5, 5.41) is 14.9. The lowest BCUT2D eigenvalue weighted by molar-refractivity contribution is -0.384. The second-order valence-corrected chi connectivity index (χ2v) is 4.72. The van der Waals surface area contributed by atoms with E-state index in [1.54, 1.807) is 0 Å². The van der Waals surface area contributed by atoms with E-state index in [4.69, 9.17) is 11.6 Å². The van der Waals surface area contributed by atoms with Gasteiger partial charge in [0.25, 0.3) is 5.69 Å². The number of nitrogens with zero attached hydrogens (tertiary/aromatic N) is 1. The summed E-state index contributed by atoms with van der Waals surface area (Å²) >= 11 is 5.64. The number of carbonyl (C=O) groups is 2. The second-order valence-electron chi connectivity index (χ2n) is 4.31. The first-order chi connectivity index (χ1) is 10.9. The zero-order valence-corrected chi connectivity index (χ0v) is 12.1. The van der Waals surface area contributed by atoms with Crippen LogP contribution in [0.2, 0.25) is 5.02 Å². The van der Waals surface area contributed by atoms with Gasteiger partial charge in [0, 0.05) is 11.8 Å². The molecule has 2 aromatic carbocycles. The lowest BCUT2D eigenvalue weighted by atomic mass is 10.2. The number of rotatable bonds is 3. The Morgan fingerprint density at radius 1 is 1.09 bits per heavy atom. The first-order valence-electron chi connectivity index (χ1n) is 6.19. The lowest BCUT2D eigenvalue weighted by Crippen LogP contribution is -2.29. The molecule has 118 valence electrons. The molecule has 2 N–H and O–H groups in total. The number of anilines is 2. The van der Waals surface area contributed by atoms with Gasteiger partial charge in [-0.05, 0) is 24.3 Å². The van der Waals surface area contributed by atoms with E-state index >= 15 is 0 Å². The molecule has 2 rings (SSSR count). The molecule has 0 aromatic heterocycles. The van der Waals surface area contributed by atoms with Gasteiger partial charge in [-0.3, -0.25) is 19.7 Å². The van der Waals surface area contributed by atoms with Crippen molar-refractivity contribution in [3.8, 4) is 0 Å². The summed E-state index contributed by atoms with van der Waals surface area (Å²) in [6.45, 7) is 0. The van der Waals surface area contributed by atoms with E-state index in [1.807, 2.05) is 0 Å². The molecule has 2 aromatic rings. The second kappa shape index (κ2) is 6.84. The van der Waals surface area contributed by atoms with Gasteiger partial charge in [-0.15, -0.1) is 0 Å². The van der Waals surface area contributed by atoms with Gasteiger partial charge in [-0.25, -0.2) is 4.39 Å². The Bertz CT molecular complexity index is 797. The summed E-state index contributed by atoms with van der Waals surface area (Å²) < 4.78 is 13.4. The number of hydrogen-bond acceptors (Lipinski definition) is 4. The Kier molecular flexibility index (Phi) is 4.87. The third-order valence-corrected chi connectivity index (χ3v) is 3.05. The van der Waals surface area contributed by atoms with E-state index in [1.165, 1.54) is 30.3 Å². The van der Waals surface area contributed by atoms with Crippen molar-refractivity contribution < 1.29 is 18.9 Å². The molecule has 0 saturated heterocycles. The van der Waals surface area contributed by atoms with Gasteiger partial charge >= 0.3 is 11.8 Å². The number of hydrogen-bond donors (Lipinski definition) is 2. The van der Waals surface area contributed by atoms with Gasteiger partial charge in [-0.2, -0.15) is 0 Å². The fraction of sp³-hybridized carbons (Fsp3) is 0. The van der Waals surface area contributed by atoms with Gasteiger partial charge < -0.3 is 10.6 Å². The van der Waals surface area contributed by atoms with Crippen molar-refractivity contribution >= 4 is 40.5 Å². The van der Waals surface area contributed by atoms with Gasteiger partial charge in [0.2, 0.25) is 0 Å². The van der Waals surface area contributed by atoms with Crippen LogP contribution in [0.5, 0.6) is 0 Å². The molecule has 23 heavy (non-hydrogen) atoms. The van der Waals surface area contributed by atoms with E-state index in [0.29, 0.717) is 0 Å². The van der Waals surface area contributed by atoms with Gasteiger partial charge in [-0.1, -0.05) is 23.7 Å². The molecule has 0 aliphatic rings. The normalized spacial score (nSPS) is 10.0. The number of para-hydroxylation sites is 1. The molecular formula is C14H9ClFN3O4. The standard InChI is InChI=1S/C14H9ClFN3O4/c15-9-6-5-8(7-12(9)19(22)23)17-13(20)14(21)18-11-4-2-1-3-10(11)16/h1-7H,(H,17,20)(H,18,21). The Morgan fingerprint density at radius 3 is 2.39 bits per heavy atom. The van der Waals surface area contributed by atoms with E-state index in [2.05, 4.69) is 10.6 Å². The molecule has 2 amide bonds. The van der Waals surface area contributed by atoms with Crippen molar-refractivity contribution in [3.05, 3.63) is 63.4 Å². The monoisotopic (exact) mass is 337 g/mol. The van der Waals surface area contributed by atoms with Gasteiger partial charge in [0.15, 0.2) is 0 Å². The first kappa shape index (κ1) is 16.4. The fourth-order valence-corrected chi connectivity index (χ4v) is 1.85. The maximum Gasteiger partial charge on any atom is 0.314 e. The highest BCUT2D eigenvalue weighted by Gasteiger charge is 2.18. The SMILES string of the molecule is O=C(Nc1ccc(Cl)c([N+](=O)[O-])c1)C(=O)Nc1ccccc1F. The maximum atomic E-state index is 13.4. The number of benzene rings is 2. The average molecular weight is 338 g/mol. The predicted molar refractivity (Wildman–Crippen MR) is 81.8 cm³/mol. The Hall–Kier alpha value is -3.00. The van der Waals surface area contributed by atoms with Crippen LogP contribution in [-0.2, 0) is 9.59 Å². The van der Waals surface area contributed by atoms with Crippen LogP contribution in [0, 0.1) is 15.9 Å². The quantitative estimate of drug-likeness (QED) is 0.510. The zero-order chi connectivity index (χ0) is 17.0. The molecule has 0 aliphatic heterocycles. The molecule has 9 heteroatoms. The third-order valence-electron chi connectivity index (χ3n) is 2.73. The summed E-state index contributed by atoms with van der Waals surface area (Å²) in [7, 11) is 0. The molecule has 7 nitrogen and oxygen atoms in total. The number of amides is 2. The number of nitro groups is 1. The van der Waals surface area contributed by atoms with E-state index in [-0.39, 0.29) is 16.4 Å². The predicted octanol–water partition coefficient (Wildman–Crippen LogP) is 2.96. The molecule has 0 bridgehead atoms. The van der Waals surface area contributed by atoms with Crippen LogP contribution in [0.4, 0.5) is 21.5 Å². The largest absolute Gasteiger partial charge is 0.318 e. The molecule has 0 unspecified atom stereocenters. The van der Waals surface area contributed by atoms with Crippen LogP contribution in [0.15, 0.2) is 42.5 Å². The van der Waals surface area contributed by atoms with Gasteiger partial charge in [0.1, 0.15) is 10.8 Å². The minimum absolute atomic E-state index is 0.00906. The third kappa shape index (κ3) is 4.01. The van der Waals surface area contributed by atoms with Crippen LogP contribution < -0.4 is 10.6 Å². The summed E-state index contributed by atoms with van der Waals surface area (Å²) in [6, 6.07) is 8.84. The summed E-state index contributed by atoms with van der Waals surface area (Å²) in [6.07, 6.45) is 0. The minimum Gasteiger partial charge on any atom is -0.318 e.